The number of aromatic nitrogens is 4. The number of fused-ring (bicyclic) bond motifs is 15. The predicted molar refractivity (Wildman–Crippen MR) is 316 cm³/mol. The number of hydrogen-bond acceptors (Lipinski definition) is 7. The summed E-state index contributed by atoms with van der Waals surface area (Å²) in [4.78, 5) is 15.8. The zero-order valence-corrected chi connectivity index (χ0v) is 41.7. The number of hydrogen-bond donors (Lipinski definition) is 0. The van der Waals surface area contributed by atoms with Gasteiger partial charge < -0.3 is 17.8 Å². The molecule has 0 atom stereocenters. The first-order valence-corrected chi connectivity index (χ1v) is 26.5. The third-order valence-corrected chi connectivity index (χ3v) is 16.7. The molecule has 0 aliphatic carbocycles. The minimum atomic E-state index is 0.523. The van der Waals surface area contributed by atoms with Crippen molar-refractivity contribution in [1.29, 1.82) is 0 Å². The van der Waals surface area contributed by atoms with Crippen LogP contribution >= 0.6 is 11.3 Å². The van der Waals surface area contributed by atoms with Crippen LogP contribution in [-0.2, 0) is 0 Å². The van der Waals surface area contributed by atoms with E-state index < -0.39 is 0 Å². The highest BCUT2D eigenvalue weighted by molar-refractivity contribution is 7.26. The molecular weight excluding hydrogens is 965 g/mol. The average molecular weight is 1000 g/mol. The molecule has 0 spiro atoms. The summed E-state index contributed by atoms with van der Waals surface area (Å²) in [6.07, 6.45) is 0. The van der Waals surface area contributed by atoms with Gasteiger partial charge in [-0.05, 0) is 113 Å². The second-order valence-electron chi connectivity index (χ2n) is 19.8. The molecule has 17 aromatic rings. The third kappa shape index (κ3) is 6.46. The minimum absolute atomic E-state index is 0.523. The summed E-state index contributed by atoms with van der Waals surface area (Å²) in [7, 11) is 0. The molecule has 0 aliphatic heterocycles. The van der Waals surface area contributed by atoms with Gasteiger partial charge >= 0.3 is 0 Å². The van der Waals surface area contributed by atoms with E-state index in [1.165, 1.54) is 42.1 Å². The van der Waals surface area contributed by atoms with Crippen molar-refractivity contribution in [2.24, 2.45) is 0 Å². The Morgan fingerprint density at radius 1 is 0.299 bits per heavy atom. The summed E-state index contributed by atoms with van der Waals surface area (Å²) < 4.78 is 24.4. The number of rotatable bonds is 6. The van der Waals surface area contributed by atoms with Gasteiger partial charge in [0, 0.05) is 85.6 Å². The topological polar surface area (TPSA) is 83.0 Å². The summed E-state index contributed by atoms with van der Waals surface area (Å²) in [6, 6.07) is 81.1. The molecule has 0 saturated heterocycles. The Labute approximate surface area is 442 Å². The highest BCUT2D eigenvalue weighted by atomic mass is 32.1. The van der Waals surface area contributed by atoms with Crippen LogP contribution in [0.3, 0.4) is 0 Å². The summed E-state index contributed by atoms with van der Waals surface area (Å²) in [5.74, 6) is 1.57. The van der Waals surface area contributed by atoms with E-state index in [0.29, 0.717) is 17.5 Å². The second-order valence-corrected chi connectivity index (χ2v) is 20.9. The van der Waals surface area contributed by atoms with E-state index in [1.54, 1.807) is 0 Å². The number of thiophene rings is 1. The van der Waals surface area contributed by atoms with Crippen molar-refractivity contribution in [1.82, 2.24) is 19.5 Å². The lowest BCUT2D eigenvalue weighted by Gasteiger charge is -2.10. The van der Waals surface area contributed by atoms with Crippen LogP contribution in [0.5, 0.6) is 0 Å². The minimum Gasteiger partial charge on any atom is -0.456 e. The largest absolute Gasteiger partial charge is 0.456 e. The van der Waals surface area contributed by atoms with Gasteiger partial charge in [0.15, 0.2) is 17.5 Å². The van der Waals surface area contributed by atoms with Gasteiger partial charge in [-0.25, -0.2) is 15.0 Å². The fraction of sp³-hybridized carbons (Fsp3) is 0. The molecule has 17 rings (SSSR count). The first kappa shape index (κ1) is 42.2. The Hall–Kier alpha value is -10.2. The Morgan fingerprint density at radius 2 is 0.831 bits per heavy atom. The van der Waals surface area contributed by atoms with Gasteiger partial charge in [-0.3, -0.25) is 0 Å². The number of nitrogens with zero attached hydrogens (tertiary/aromatic N) is 4. The molecule has 0 N–H and O–H groups in total. The van der Waals surface area contributed by atoms with Crippen LogP contribution < -0.4 is 0 Å². The molecule has 358 valence electrons. The van der Waals surface area contributed by atoms with Crippen LogP contribution in [0.2, 0.25) is 0 Å². The highest BCUT2D eigenvalue weighted by Gasteiger charge is 2.22. The molecule has 77 heavy (non-hydrogen) atoms. The van der Waals surface area contributed by atoms with Gasteiger partial charge in [-0.1, -0.05) is 140 Å². The monoisotopic (exact) mass is 1000 g/mol. The summed E-state index contributed by atoms with van der Waals surface area (Å²) in [5, 5.41) is 11.1. The molecule has 8 heteroatoms. The number of benzene rings is 11. The predicted octanol–water partition coefficient (Wildman–Crippen LogP) is 19.4. The van der Waals surface area contributed by atoms with Gasteiger partial charge in [-0.2, -0.15) is 0 Å². The van der Waals surface area contributed by atoms with Crippen LogP contribution in [0, 0.1) is 0 Å². The van der Waals surface area contributed by atoms with Crippen molar-refractivity contribution in [2.75, 3.05) is 0 Å². The van der Waals surface area contributed by atoms with E-state index in [9.17, 15) is 0 Å². The SMILES string of the molecule is c1ccc(-n2c3ccc(-c4ccc5oc6cccc(-c7nc(-c8ccc9c(c8)oc8ccccc89)nc(-c8ccc9c(c8)oc8ccccc89)n7)c6c5c4)cc3c3ccc(-c4cccc5c4sc4ccccc45)cc32)cc1. The van der Waals surface area contributed by atoms with Crippen LogP contribution in [0.1, 0.15) is 0 Å². The fourth-order valence-electron chi connectivity index (χ4n) is 11.9. The van der Waals surface area contributed by atoms with Crippen molar-refractivity contribution in [3.05, 3.63) is 231 Å². The lowest BCUT2D eigenvalue weighted by atomic mass is 9.98. The summed E-state index contributed by atoms with van der Waals surface area (Å²) in [6.45, 7) is 0. The highest BCUT2D eigenvalue weighted by Crippen LogP contribution is 2.44. The molecule has 0 saturated carbocycles. The van der Waals surface area contributed by atoms with E-state index in [1.807, 2.05) is 72.0 Å². The Balaban J connectivity index is 0.827. The van der Waals surface area contributed by atoms with Crippen molar-refractivity contribution in [2.45, 2.75) is 0 Å². The van der Waals surface area contributed by atoms with Crippen molar-refractivity contribution in [3.63, 3.8) is 0 Å². The van der Waals surface area contributed by atoms with Crippen LogP contribution in [0.4, 0.5) is 0 Å². The molecule has 0 unspecified atom stereocenters. The molecule has 11 aromatic carbocycles. The zero-order valence-electron chi connectivity index (χ0n) is 40.9. The molecule has 0 radical (unpaired) electrons. The van der Waals surface area contributed by atoms with Gasteiger partial charge in [0.2, 0.25) is 0 Å². The van der Waals surface area contributed by atoms with E-state index in [-0.39, 0.29) is 0 Å². The van der Waals surface area contributed by atoms with E-state index in [0.717, 1.165) is 110 Å². The van der Waals surface area contributed by atoms with Crippen LogP contribution in [0.25, 0.3) is 170 Å². The maximum atomic E-state index is 6.66. The number of para-hydroxylation sites is 3. The van der Waals surface area contributed by atoms with E-state index in [2.05, 4.69) is 174 Å². The van der Waals surface area contributed by atoms with Crippen molar-refractivity contribution in [3.8, 4) is 62.1 Å². The van der Waals surface area contributed by atoms with Crippen LogP contribution in [-0.4, -0.2) is 19.5 Å². The summed E-state index contributed by atoms with van der Waals surface area (Å²) in [5.41, 5.74) is 15.2. The Kier molecular flexibility index (Phi) is 8.87. The van der Waals surface area contributed by atoms with Crippen LogP contribution in [0.15, 0.2) is 244 Å². The van der Waals surface area contributed by atoms with Gasteiger partial charge in [-0.15, -0.1) is 11.3 Å². The molecule has 6 aromatic heterocycles. The molecule has 7 nitrogen and oxygen atoms in total. The smallest absolute Gasteiger partial charge is 0.164 e. The van der Waals surface area contributed by atoms with Gasteiger partial charge in [0.1, 0.15) is 33.5 Å². The fourth-order valence-corrected chi connectivity index (χ4v) is 13.1. The maximum Gasteiger partial charge on any atom is 0.164 e. The number of furan rings is 3. The molecule has 0 aliphatic rings. The maximum absolute atomic E-state index is 6.66. The molecule has 0 fully saturated rings. The average Bonchev–Trinajstić information content (AvgIpc) is 4.38. The molecule has 6 heterocycles. The van der Waals surface area contributed by atoms with Crippen molar-refractivity contribution < 1.29 is 13.3 Å². The van der Waals surface area contributed by atoms with E-state index in [4.69, 9.17) is 28.2 Å². The Morgan fingerprint density at radius 3 is 1.58 bits per heavy atom. The van der Waals surface area contributed by atoms with Gasteiger partial charge in [0.05, 0.1) is 11.0 Å². The molecule has 0 bridgehead atoms. The lowest BCUT2D eigenvalue weighted by Crippen LogP contribution is -2.00. The quantitative estimate of drug-likeness (QED) is 0.165. The van der Waals surface area contributed by atoms with E-state index >= 15 is 0 Å². The standard InChI is InChI=1S/C69H38N4O3S/c1-2-12-44(13-3-1)73-56-32-27-39(34-54(56)46-29-24-41(36-57(46)73)45-17-10-18-52-51-16-6-9-23-64(51)77-66(45)52)40-28-33-60-55(35-40)65-53(19-11-22-61(65)74-60)69-71-67(42-25-30-49-47-14-4-7-20-58(47)75-62(49)37-42)70-68(72-69)43-26-31-50-48-15-5-8-21-59(48)76-63(50)38-43/h1-38H. The zero-order chi connectivity index (χ0) is 50.3. The first-order valence-electron chi connectivity index (χ1n) is 25.7. The first-order chi connectivity index (χ1) is 38.1. The van der Waals surface area contributed by atoms with Crippen molar-refractivity contribution >= 4 is 119 Å². The normalized spacial score (nSPS) is 12.2. The lowest BCUT2D eigenvalue weighted by molar-refractivity contribution is 0.668. The third-order valence-electron chi connectivity index (χ3n) is 15.5. The molecular formula is C69H38N4O3S. The molecule has 0 amide bonds. The second kappa shape index (κ2) is 16.2. The Bertz CT molecular complexity index is 5180. The summed E-state index contributed by atoms with van der Waals surface area (Å²) >= 11 is 1.87. The van der Waals surface area contributed by atoms with Gasteiger partial charge in [0.25, 0.3) is 0 Å².